The Morgan fingerprint density at radius 3 is 2.96 bits per heavy atom. The van der Waals surface area contributed by atoms with Crippen LogP contribution in [-0.4, -0.2) is 41.2 Å². The molecule has 1 amide bonds. The third-order valence-electron chi connectivity index (χ3n) is 3.93. The molecule has 1 atom stereocenters. The lowest BCUT2D eigenvalue weighted by molar-refractivity contribution is 0.0853. The number of nitrogens with one attached hydrogen (secondary N) is 2. The summed E-state index contributed by atoms with van der Waals surface area (Å²) in [5.74, 6) is 1.02. The van der Waals surface area contributed by atoms with E-state index in [2.05, 4.69) is 20.6 Å². The van der Waals surface area contributed by atoms with Crippen LogP contribution in [0.3, 0.4) is 0 Å². The van der Waals surface area contributed by atoms with E-state index in [4.69, 9.17) is 9.47 Å². The second-order valence-corrected chi connectivity index (χ2v) is 6.42. The quantitative estimate of drug-likeness (QED) is 0.793. The topological polar surface area (TPSA) is 85.4 Å². The van der Waals surface area contributed by atoms with E-state index in [1.54, 1.807) is 6.07 Å². The Labute approximate surface area is 153 Å². The predicted octanol–water partition coefficient (Wildman–Crippen LogP) is 2.92. The first-order valence-corrected chi connectivity index (χ1v) is 8.86. The number of amides is 1. The summed E-state index contributed by atoms with van der Waals surface area (Å²) in [6, 6.07) is 9.23. The first-order chi connectivity index (χ1) is 12.6. The largest absolute Gasteiger partial charge is 0.489 e. The number of hydrogen-bond donors (Lipinski definition) is 2. The van der Waals surface area contributed by atoms with Crippen LogP contribution < -0.4 is 15.4 Å². The second kappa shape index (κ2) is 8.62. The van der Waals surface area contributed by atoms with Crippen LogP contribution in [0.2, 0.25) is 0 Å². The van der Waals surface area contributed by atoms with Crippen LogP contribution in [0.15, 0.2) is 36.7 Å². The van der Waals surface area contributed by atoms with Crippen LogP contribution in [0, 0.1) is 0 Å². The van der Waals surface area contributed by atoms with Crippen molar-refractivity contribution in [2.24, 2.45) is 0 Å². The highest BCUT2D eigenvalue weighted by Gasteiger charge is 2.17. The fraction of sp³-hybridized carbons (Fsp3) is 0.421. The maximum absolute atomic E-state index is 12.3. The third-order valence-corrected chi connectivity index (χ3v) is 3.93. The minimum absolute atomic E-state index is 0.0579. The smallest absolute Gasteiger partial charge is 0.270 e. The number of anilines is 2. The molecule has 1 aromatic heterocycles. The molecule has 0 aliphatic carbocycles. The summed E-state index contributed by atoms with van der Waals surface area (Å²) >= 11 is 0. The lowest BCUT2D eigenvalue weighted by atomic mass is 10.2. The molecule has 2 aromatic rings. The molecule has 0 bridgehead atoms. The molecule has 1 aliphatic heterocycles. The minimum Gasteiger partial charge on any atom is -0.489 e. The Balaban J connectivity index is 1.66. The number of hydrogen-bond acceptors (Lipinski definition) is 6. The second-order valence-electron chi connectivity index (χ2n) is 6.42. The average molecular weight is 356 g/mol. The molecule has 3 rings (SSSR count). The molecule has 1 saturated heterocycles. The van der Waals surface area contributed by atoms with Gasteiger partial charge in [0.1, 0.15) is 23.6 Å². The first kappa shape index (κ1) is 18.1. The van der Waals surface area contributed by atoms with Crippen molar-refractivity contribution >= 4 is 17.4 Å². The molecule has 7 nitrogen and oxygen atoms in total. The molecule has 26 heavy (non-hydrogen) atoms. The molecule has 1 aliphatic rings. The lowest BCUT2D eigenvalue weighted by Gasteiger charge is -2.15. The molecule has 2 heterocycles. The van der Waals surface area contributed by atoms with Crippen molar-refractivity contribution in [2.75, 3.05) is 18.5 Å². The van der Waals surface area contributed by atoms with Gasteiger partial charge in [0.25, 0.3) is 5.91 Å². The van der Waals surface area contributed by atoms with Crippen LogP contribution >= 0.6 is 0 Å². The van der Waals surface area contributed by atoms with Crippen LogP contribution in [0.25, 0.3) is 0 Å². The molecular formula is C19H24N4O3. The average Bonchev–Trinajstić information content (AvgIpc) is 3.15. The van der Waals surface area contributed by atoms with E-state index in [0.29, 0.717) is 18.1 Å². The summed E-state index contributed by atoms with van der Waals surface area (Å²) in [7, 11) is 0. The number of carbonyl (C=O) groups is 1. The van der Waals surface area contributed by atoms with Gasteiger partial charge in [0.2, 0.25) is 0 Å². The molecule has 7 heteroatoms. The summed E-state index contributed by atoms with van der Waals surface area (Å²) in [5, 5.41) is 6.05. The molecular weight excluding hydrogens is 332 g/mol. The van der Waals surface area contributed by atoms with E-state index in [1.165, 1.54) is 6.33 Å². The molecule has 138 valence electrons. The zero-order chi connectivity index (χ0) is 18.4. The van der Waals surface area contributed by atoms with Gasteiger partial charge in [-0.05, 0) is 38.8 Å². The van der Waals surface area contributed by atoms with Crippen molar-refractivity contribution in [3.05, 3.63) is 42.4 Å². The molecule has 1 aromatic carbocycles. The van der Waals surface area contributed by atoms with Crippen LogP contribution in [0.4, 0.5) is 11.5 Å². The number of nitrogens with zero attached hydrogens (tertiary/aromatic N) is 2. The number of carbonyl (C=O) groups excluding carboxylic acids is 1. The summed E-state index contributed by atoms with van der Waals surface area (Å²) in [4.78, 5) is 20.6. The number of aromatic nitrogens is 2. The Kier molecular flexibility index (Phi) is 6.01. The molecule has 0 radical (unpaired) electrons. The highest BCUT2D eigenvalue weighted by Crippen LogP contribution is 2.27. The SMILES string of the molecule is CC(C)Oc1ccccc1Nc1cc(C(=O)NCC2CCCO2)ncn1. The van der Waals surface area contributed by atoms with Gasteiger partial charge in [-0.15, -0.1) is 0 Å². The van der Waals surface area contributed by atoms with Crippen molar-refractivity contribution in [3.63, 3.8) is 0 Å². The maximum atomic E-state index is 12.3. The molecule has 2 N–H and O–H groups in total. The van der Waals surface area contributed by atoms with E-state index in [-0.39, 0.29) is 18.1 Å². The summed E-state index contributed by atoms with van der Waals surface area (Å²) in [5.41, 5.74) is 1.09. The summed E-state index contributed by atoms with van der Waals surface area (Å²) < 4.78 is 11.3. The van der Waals surface area contributed by atoms with Crippen molar-refractivity contribution < 1.29 is 14.3 Å². The zero-order valence-corrected chi connectivity index (χ0v) is 15.1. The summed E-state index contributed by atoms with van der Waals surface area (Å²) in [6.45, 7) is 5.20. The minimum atomic E-state index is -0.238. The summed E-state index contributed by atoms with van der Waals surface area (Å²) in [6.07, 6.45) is 3.54. The molecule has 1 unspecified atom stereocenters. The van der Waals surface area contributed by atoms with Crippen LogP contribution in [0.5, 0.6) is 5.75 Å². The highest BCUT2D eigenvalue weighted by molar-refractivity contribution is 5.93. The molecule has 1 fully saturated rings. The third kappa shape index (κ3) is 4.92. The Hall–Kier alpha value is -2.67. The highest BCUT2D eigenvalue weighted by atomic mass is 16.5. The van der Waals surface area contributed by atoms with Crippen molar-refractivity contribution in [1.82, 2.24) is 15.3 Å². The molecule has 0 spiro atoms. The van der Waals surface area contributed by atoms with Crippen molar-refractivity contribution in [1.29, 1.82) is 0 Å². The number of rotatable bonds is 7. The van der Waals surface area contributed by atoms with Gasteiger partial charge in [0, 0.05) is 19.2 Å². The van der Waals surface area contributed by atoms with Gasteiger partial charge in [-0.3, -0.25) is 4.79 Å². The maximum Gasteiger partial charge on any atom is 0.270 e. The predicted molar refractivity (Wildman–Crippen MR) is 98.8 cm³/mol. The molecule has 0 saturated carbocycles. The van der Waals surface area contributed by atoms with Gasteiger partial charge >= 0.3 is 0 Å². The van der Waals surface area contributed by atoms with Gasteiger partial charge in [-0.1, -0.05) is 12.1 Å². The van der Waals surface area contributed by atoms with Crippen LogP contribution in [0.1, 0.15) is 37.2 Å². The van der Waals surface area contributed by atoms with Crippen LogP contribution in [-0.2, 0) is 4.74 Å². The van der Waals surface area contributed by atoms with Crippen molar-refractivity contribution in [3.8, 4) is 5.75 Å². The van der Waals surface area contributed by atoms with Crippen molar-refractivity contribution in [2.45, 2.75) is 38.9 Å². The number of benzene rings is 1. The van der Waals surface area contributed by atoms with Gasteiger partial charge in [0.05, 0.1) is 17.9 Å². The van der Waals surface area contributed by atoms with E-state index in [0.717, 1.165) is 30.9 Å². The standard InChI is InChI=1S/C19H24N4O3/c1-13(2)26-17-8-4-3-7-15(17)23-18-10-16(21-12-22-18)19(24)20-11-14-6-5-9-25-14/h3-4,7-8,10,12-14H,5-6,9,11H2,1-2H3,(H,20,24)(H,21,22,23). The lowest BCUT2D eigenvalue weighted by Crippen LogP contribution is -2.32. The van der Waals surface area contributed by atoms with E-state index < -0.39 is 0 Å². The van der Waals surface area contributed by atoms with Gasteiger partial charge in [-0.2, -0.15) is 0 Å². The Bertz CT molecular complexity index is 745. The monoisotopic (exact) mass is 356 g/mol. The normalized spacial score (nSPS) is 16.5. The van der Waals surface area contributed by atoms with Gasteiger partial charge < -0.3 is 20.1 Å². The fourth-order valence-electron chi connectivity index (χ4n) is 2.72. The Morgan fingerprint density at radius 1 is 1.35 bits per heavy atom. The van der Waals surface area contributed by atoms with E-state index in [9.17, 15) is 4.79 Å². The fourth-order valence-corrected chi connectivity index (χ4v) is 2.72. The van der Waals surface area contributed by atoms with E-state index in [1.807, 2.05) is 38.1 Å². The first-order valence-electron chi connectivity index (χ1n) is 8.86. The van der Waals surface area contributed by atoms with E-state index >= 15 is 0 Å². The van der Waals surface area contributed by atoms with Gasteiger partial charge in [-0.25, -0.2) is 9.97 Å². The number of ether oxygens (including phenoxy) is 2. The number of para-hydroxylation sites is 2. The van der Waals surface area contributed by atoms with Gasteiger partial charge in [0.15, 0.2) is 0 Å². The Morgan fingerprint density at radius 2 is 2.19 bits per heavy atom. The zero-order valence-electron chi connectivity index (χ0n) is 15.1.